The average molecular weight is 412 g/mol. The molecule has 1 saturated carbocycles. The first kappa shape index (κ1) is 19.3. The smallest absolute Gasteiger partial charge is 0.250 e. The molecule has 0 unspecified atom stereocenters. The standard InChI is InChI=1S/C22H22ClN3O3/c1-28-20-9-6-14(10-21(20)29-16-4-2-3-5-16)13-24-26-19-12-22(27)25-18-11-15(23)7-8-17(18)19/h6-13,16H,2-5H2,1H3,(H2,25,26,27)/b24-13+. The molecule has 1 aromatic heterocycles. The van der Waals surface area contributed by atoms with E-state index in [9.17, 15) is 4.79 Å². The van der Waals surface area contributed by atoms with Crippen LogP contribution in [0.1, 0.15) is 31.2 Å². The normalized spacial score (nSPS) is 14.6. The summed E-state index contributed by atoms with van der Waals surface area (Å²) in [5, 5.41) is 5.68. The molecule has 1 heterocycles. The number of ether oxygens (including phenoxy) is 2. The molecule has 1 aliphatic rings. The van der Waals surface area contributed by atoms with E-state index in [-0.39, 0.29) is 11.7 Å². The van der Waals surface area contributed by atoms with E-state index >= 15 is 0 Å². The number of fused-ring (bicyclic) bond motifs is 1. The monoisotopic (exact) mass is 411 g/mol. The Kier molecular flexibility index (Phi) is 5.71. The van der Waals surface area contributed by atoms with E-state index in [2.05, 4.69) is 15.5 Å². The minimum Gasteiger partial charge on any atom is -0.493 e. The Morgan fingerprint density at radius 1 is 1.14 bits per heavy atom. The van der Waals surface area contributed by atoms with Crippen LogP contribution in [0.15, 0.2) is 52.4 Å². The van der Waals surface area contributed by atoms with Gasteiger partial charge in [-0.3, -0.25) is 10.2 Å². The summed E-state index contributed by atoms with van der Waals surface area (Å²) in [5.41, 5.74) is 4.85. The number of halogens is 1. The molecule has 0 saturated heterocycles. The number of H-pyrrole nitrogens is 1. The molecule has 0 aliphatic heterocycles. The highest BCUT2D eigenvalue weighted by molar-refractivity contribution is 6.31. The van der Waals surface area contributed by atoms with Gasteiger partial charge in [-0.05, 0) is 67.6 Å². The average Bonchev–Trinajstić information content (AvgIpc) is 3.21. The predicted octanol–water partition coefficient (Wildman–Crippen LogP) is 4.96. The summed E-state index contributed by atoms with van der Waals surface area (Å²) < 4.78 is 11.5. The molecule has 2 N–H and O–H groups in total. The van der Waals surface area contributed by atoms with Gasteiger partial charge in [-0.1, -0.05) is 11.6 Å². The Morgan fingerprint density at radius 3 is 2.76 bits per heavy atom. The lowest BCUT2D eigenvalue weighted by molar-refractivity contribution is 0.201. The largest absolute Gasteiger partial charge is 0.493 e. The number of methoxy groups -OCH3 is 1. The van der Waals surface area contributed by atoms with Gasteiger partial charge in [0.1, 0.15) is 0 Å². The van der Waals surface area contributed by atoms with Crippen LogP contribution in [-0.4, -0.2) is 24.4 Å². The summed E-state index contributed by atoms with van der Waals surface area (Å²) in [6.07, 6.45) is 6.47. The van der Waals surface area contributed by atoms with Crippen LogP contribution < -0.4 is 20.5 Å². The lowest BCUT2D eigenvalue weighted by Crippen LogP contribution is -2.11. The third-order valence-corrected chi connectivity index (χ3v) is 5.22. The molecule has 6 nitrogen and oxygen atoms in total. The summed E-state index contributed by atoms with van der Waals surface area (Å²) in [4.78, 5) is 14.7. The zero-order chi connectivity index (χ0) is 20.2. The molecule has 1 fully saturated rings. The van der Waals surface area contributed by atoms with Crippen LogP contribution in [0.3, 0.4) is 0 Å². The number of aromatic amines is 1. The van der Waals surface area contributed by atoms with Crippen LogP contribution in [0.4, 0.5) is 5.69 Å². The Balaban J connectivity index is 1.55. The minimum atomic E-state index is -0.228. The van der Waals surface area contributed by atoms with Crippen molar-refractivity contribution < 1.29 is 9.47 Å². The summed E-state index contributed by atoms with van der Waals surface area (Å²) in [7, 11) is 1.64. The van der Waals surface area contributed by atoms with E-state index in [0.717, 1.165) is 29.5 Å². The SMILES string of the molecule is COc1ccc(/C=N/Nc2cc(=O)[nH]c3cc(Cl)ccc23)cc1OC1CCCC1. The number of hydrogen-bond acceptors (Lipinski definition) is 5. The molecular formula is C22H22ClN3O3. The highest BCUT2D eigenvalue weighted by Gasteiger charge is 2.18. The lowest BCUT2D eigenvalue weighted by Gasteiger charge is -2.16. The van der Waals surface area contributed by atoms with E-state index in [0.29, 0.717) is 22.0 Å². The van der Waals surface area contributed by atoms with Crippen LogP contribution in [0.25, 0.3) is 10.9 Å². The van der Waals surface area contributed by atoms with Gasteiger partial charge >= 0.3 is 0 Å². The number of rotatable bonds is 6. The highest BCUT2D eigenvalue weighted by atomic mass is 35.5. The second-order valence-electron chi connectivity index (χ2n) is 7.04. The van der Waals surface area contributed by atoms with Gasteiger partial charge in [0.15, 0.2) is 11.5 Å². The van der Waals surface area contributed by atoms with Crippen LogP contribution in [0.5, 0.6) is 11.5 Å². The topological polar surface area (TPSA) is 75.7 Å². The molecule has 4 rings (SSSR count). The second-order valence-corrected chi connectivity index (χ2v) is 7.48. The summed E-state index contributed by atoms with van der Waals surface area (Å²) >= 11 is 6.01. The highest BCUT2D eigenvalue weighted by Crippen LogP contribution is 2.32. The molecular weight excluding hydrogens is 390 g/mol. The molecule has 2 aromatic carbocycles. The molecule has 1 aliphatic carbocycles. The fourth-order valence-corrected chi connectivity index (χ4v) is 3.72. The van der Waals surface area contributed by atoms with Crippen molar-refractivity contribution >= 4 is 34.4 Å². The summed E-state index contributed by atoms with van der Waals surface area (Å²) in [6, 6.07) is 12.5. The molecule has 3 aromatic rings. The van der Waals surface area contributed by atoms with Crippen LogP contribution in [0.2, 0.25) is 5.02 Å². The number of hydrazone groups is 1. The Labute approximate surface area is 173 Å². The number of nitrogens with zero attached hydrogens (tertiary/aromatic N) is 1. The zero-order valence-electron chi connectivity index (χ0n) is 16.1. The third kappa shape index (κ3) is 4.54. The van der Waals surface area contributed by atoms with Gasteiger partial charge in [-0.25, -0.2) is 0 Å². The third-order valence-electron chi connectivity index (χ3n) is 4.99. The molecule has 0 spiro atoms. The van der Waals surface area contributed by atoms with Gasteiger partial charge in [0.25, 0.3) is 5.56 Å². The quantitative estimate of drug-likeness (QED) is 0.444. The van der Waals surface area contributed by atoms with Crippen LogP contribution in [-0.2, 0) is 0 Å². The van der Waals surface area contributed by atoms with Crippen molar-refractivity contribution in [3.05, 3.63) is 63.4 Å². The summed E-state index contributed by atoms with van der Waals surface area (Å²) in [5.74, 6) is 1.43. The predicted molar refractivity (Wildman–Crippen MR) is 117 cm³/mol. The number of anilines is 1. The fourth-order valence-electron chi connectivity index (χ4n) is 3.55. The number of benzene rings is 2. The maximum absolute atomic E-state index is 11.9. The van der Waals surface area contributed by atoms with E-state index < -0.39 is 0 Å². The minimum absolute atomic E-state index is 0.228. The van der Waals surface area contributed by atoms with Crippen LogP contribution in [0, 0.1) is 0 Å². The first-order valence-electron chi connectivity index (χ1n) is 9.59. The van der Waals surface area contributed by atoms with E-state index in [1.807, 2.05) is 24.3 Å². The van der Waals surface area contributed by atoms with Gasteiger partial charge in [0.2, 0.25) is 0 Å². The van der Waals surface area contributed by atoms with Crippen molar-refractivity contribution in [1.82, 2.24) is 4.98 Å². The molecule has 7 heteroatoms. The number of hydrogen-bond donors (Lipinski definition) is 2. The fraction of sp³-hybridized carbons (Fsp3) is 0.273. The molecule has 29 heavy (non-hydrogen) atoms. The Hall–Kier alpha value is -2.99. The molecule has 0 atom stereocenters. The first-order valence-corrected chi connectivity index (χ1v) is 9.96. The van der Waals surface area contributed by atoms with Crippen molar-refractivity contribution in [1.29, 1.82) is 0 Å². The van der Waals surface area contributed by atoms with Crippen molar-refractivity contribution in [3.63, 3.8) is 0 Å². The van der Waals surface area contributed by atoms with Gasteiger partial charge in [0, 0.05) is 16.5 Å². The van der Waals surface area contributed by atoms with Gasteiger partial charge < -0.3 is 14.5 Å². The molecule has 0 bridgehead atoms. The van der Waals surface area contributed by atoms with Crippen molar-refractivity contribution in [2.24, 2.45) is 5.10 Å². The molecule has 0 radical (unpaired) electrons. The van der Waals surface area contributed by atoms with E-state index in [1.165, 1.54) is 18.9 Å². The molecule has 150 valence electrons. The van der Waals surface area contributed by atoms with Gasteiger partial charge in [-0.15, -0.1) is 0 Å². The first-order chi connectivity index (χ1) is 14.1. The number of pyridine rings is 1. The zero-order valence-corrected chi connectivity index (χ0v) is 16.8. The Morgan fingerprint density at radius 2 is 1.97 bits per heavy atom. The van der Waals surface area contributed by atoms with E-state index in [1.54, 1.807) is 25.5 Å². The van der Waals surface area contributed by atoms with Crippen molar-refractivity contribution in [2.45, 2.75) is 31.8 Å². The second kappa shape index (κ2) is 8.57. The van der Waals surface area contributed by atoms with Crippen LogP contribution >= 0.6 is 11.6 Å². The summed E-state index contributed by atoms with van der Waals surface area (Å²) in [6.45, 7) is 0. The lowest BCUT2D eigenvalue weighted by atomic mass is 10.2. The number of aromatic nitrogens is 1. The maximum atomic E-state index is 11.9. The Bertz CT molecular complexity index is 1100. The maximum Gasteiger partial charge on any atom is 0.250 e. The number of nitrogens with one attached hydrogen (secondary N) is 2. The van der Waals surface area contributed by atoms with E-state index in [4.69, 9.17) is 21.1 Å². The van der Waals surface area contributed by atoms with Crippen molar-refractivity contribution in [3.8, 4) is 11.5 Å². The van der Waals surface area contributed by atoms with Gasteiger partial charge in [-0.2, -0.15) is 5.10 Å². The molecule has 0 amide bonds. The van der Waals surface area contributed by atoms with Gasteiger partial charge in [0.05, 0.1) is 30.6 Å². The van der Waals surface area contributed by atoms with Crippen molar-refractivity contribution in [2.75, 3.05) is 12.5 Å².